The Bertz CT molecular complexity index is 912. The normalized spacial score (nSPS) is 11.6. The number of halogens is 2. The van der Waals surface area contributed by atoms with E-state index in [1.807, 2.05) is 29.0 Å². The average Bonchev–Trinajstić information content (AvgIpc) is 3.20. The lowest BCUT2D eigenvalue weighted by Crippen LogP contribution is -2.38. The van der Waals surface area contributed by atoms with Crippen LogP contribution in [0, 0.1) is 5.82 Å². The number of hydrogen-bond donors (Lipinski definition) is 2. The molecule has 0 saturated carbocycles. The fraction of sp³-hybridized carbons (Fsp3) is 0.100. The summed E-state index contributed by atoms with van der Waals surface area (Å²) < 4.78 is 12.9. The van der Waals surface area contributed by atoms with Crippen LogP contribution in [0.5, 0.6) is 0 Å². The maximum Gasteiger partial charge on any atom is 0.251 e. The van der Waals surface area contributed by atoms with Crippen LogP contribution in [0.2, 0.25) is 5.02 Å². The van der Waals surface area contributed by atoms with Crippen LogP contribution in [0.4, 0.5) is 4.39 Å². The molecule has 3 rings (SSSR count). The molecule has 0 fully saturated rings. The van der Waals surface area contributed by atoms with E-state index in [2.05, 4.69) is 10.6 Å². The molecule has 138 valence electrons. The van der Waals surface area contributed by atoms with Gasteiger partial charge in [-0.2, -0.15) is 11.3 Å². The van der Waals surface area contributed by atoms with E-state index >= 15 is 0 Å². The number of carbonyl (C=O) groups excluding carboxylic acids is 2. The smallest absolute Gasteiger partial charge is 0.251 e. The molecular formula is C20H16ClFN2O2S. The van der Waals surface area contributed by atoms with Crippen molar-refractivity contribution in [3.8, 4) is 0 Å². The predicted molar refractivity (Wildman–Crippen MR) is 104 cm³/mol. The minimum Gasteiger partial charge on any atom is -0.344 e. The van der Waals surface area contributed by atoms with Crippen LogP contribution in [-0.2, 0) is 4.79 Å². The van der Waals surface area contributed by atoms with Crippen molar-refractivity contribution in [3.05, 3.63) is 92.9 Å². The van der Waals surface area contributed by atoms with Gasteiger partial charge in [0, 0.05) is 10.6 Å². The van der Waals surface area contributed by atoms with Gasteiger partial charge in [0.15, 0.2) is 0 Å². The number of rotatable bonds is 6. The molecule has 0 aliphatic carbocycles. The fourth-order valence-electron chi connectivity index (χ4n) is 2.53. The zero-order valence-corrected chi connectivity index (χ0v) is 15.7. The number of amides is 2. The van der Waals surface area contributed by atoms with Gasteiger partial charge in [0.2, 0.25) is 5.91 Å². The number of nitrogens with one attached hydrogen (secondary N) is 2. The molecule has 1 heterocycles. The van der Waals surface area contributed by atoms with Crippen molar-refractivity contribution in [1.82, 2.24) is 10.6 Å². The van der Waals surface area contributed by atoms with Gasteiger partial charge in [0.1, 0.15) is 5.82 Å². The number of carbonyl (C=O) groups is 2. The molecule has 0 saturated heterocycles. The third-order valence-corrected chi connectivity index (χ3v) is 4.85. The van der Waals surface area contributed by atoms with E-state index in [1.54, 1.807) is 12.1 Å². The van der Waals surface area contributed by atoms with Gasteiger partial charge in [-0.25, -0.2) is 4.39 Å². The first-order valence-electron chi connectivity index (χ1n) is 8.13. The summed E-state index contributed by atoms with van der Waals surface area (Å²) in [4.78, 5) is 24.4. The highest BCUT2D eigenvalue weighted by molar-refractivity contribution is 7.08. The largest absolute Gasteiger partial charge is 0.344 e. The Balaban J connectivity index is 1.65. The molecule has 27 heavy (non-hydrogen) atoms. The molecule has 1 aromatic heterocycles. The third kappa shape index (κ3) is 5.15. The van der Waals surface area contributed by atoms with E-state index in [0.717, 1.165) is 11.1 Å². The van der Waals surface area contributed by atoms with Crippen LogP contribution >= 0.6 is 22.9 Å². The second kappa shape index (κ2) is 8.79. The molecule has 2 aromatic carbocycles. The van der Waals surface area contributed by atoms with Crippen LogP contribution < -0.4 is 10.6 Å². The monoisotopic (exact) mass is 402 g/mol. The summed E-state index contributed by atoms with van der Waals surface area (Å²) in [5.41, 5.74) is 2.12. The summed E-state index contributed by atoms with van der Waals surface area (Å²) in [6, 6.07) is 13.9. The highest BCUT2D eigenvalue weighted by Gasteiger charge is 2.18. The molecule has 7 heteroatoms. The predicted octanol–water partition coefficient (Wildman–Crippen LogP) is 4.18. The Hall–Kier alpha value is -2.70. The maximum atomic E-state index is 12.9. The SMILES string of the molecule is O=C(CNC(=O)c1ccc(F)cc1)NC(c1ccc(Cl)cc1)c1ccsc1. The Labute approximate surface area is 165 Å². The lowest BCUT2D eigenvalue weighted by molar-refractivity contribution is -0.120. The molecule has 3 aromatic rings. The molecule has 0 aliphatic rings. The van der Waals surface area contributed by atoms with E-state index < -0.39 is 11.7 Å². The highest BCUT2D eigenvalue weighted by Crippen LogP contribution is 2.25. The quantitative estimate of drug-likeness (QED) is 0.650. The van der Waals surface area contributed by atoms with Crippen molar-refractivity contribution in [2.45, 2.75) is 6.04 Å². The molecule has 4 nitrogen and oxygen atoms in total. The third-order valence-electron chi connectivity index (χ3n) is 3.90. The maximum absolute atomic E-state index is 12.9. The first-order valence-corrected chi connectivity index (χ1v) is 9.45. The summed E-state index contributed by atoms with van der Waals surface area (Å²) in [6.45, 7) is -0.190. The molecular weight excluding hydrogens is 387 g/mol. The van der Waals surface area contributed by atoms with Gasteiger partial charge >= 0.3 is 0 Å². The van der Waals surface area contributed by atoms with Gasteiger partial charge in [0.25, 0.3) is 5.91 Å². The Morgan fingerprint density at radius 3 is 2.33 bits per heavy atom. The zero-order valence-electron chi connectivity index (χ0n) is 14.1. The number of benzene rings is 2. The Morgan fingerprint density at radius 2 is 1.70 bits per heavy atom. The van der Waals surface area contributed by atoms with Gasteiger partial charge in [-0.3, -0.25) is 9.59 Å². The van der Waals surface area contributed by atoms with Crippen molar-refractivity contribution >= 4 is 34.8 Å². The van der Waals surface area contributed by atoms with Crippen LogP contribution in [0.15, 0.2) is 65.4 Å². The standard InChI is InChI=1S/C20H16ClFN2O2S/c21-16-5-1-13(2-6-16)19(15-9-10-27-12-15)24-18(25)11-23-20(26)14-3-7-17(22)8-4-14/h1-10,12,19H,11H2,(H,23,26)(H,24,25). The van der Waals surface area contributed by atoms with Crippen molar-refractivity contribution in [2.24, 2.45) is 0 Å². The molecule has 0 spiro atoms. The van der Waals surface area contributed by atoms with Gasteiger partial charge in [-0.15, -0.1) is 0 Å². The molecule has 1 unspecified atom stereocenters. The van der Waals surface area contributed by atoms with E-state index in [9.17, 15) is 14.0 Å². The van der Waals surface area contributed by atoms with E-state index in [1.165, 1.54) is 35.6 Å². The second-order valence-electron chi connectivity index (χ2n) is 5.80. The minimum absolute atomic E-state index is 0.190. The van der Waals surface area contributed by atoms with Gasteiger partial charge in [-0.05, 0) is 64.4 Å². The molecule has 0 aliphatic heterocycles. The minimum atomic E-state index is -0.441. The van der Waals surface area contributed by atoms with Crippen molar-refractivity contribution in [1.29, 1.82) is 0 Å². The van der Waals surface area contributed by atoms with Gasteiger partial charge < -0.3 is 10.6 Å². The van der Waals surface area contributed by atoms with Crippen LogP contribution in [0.3, 0.4) is 0 Å². The van der Waals surface area contributed by atoms with E-state index in [0.29, 0.717) is 5.02 Å². The Kier molecular flexibility index (Phi) is 6.21. The van der Waals surface area contributed by atoms with Crippen molar-refractivity contribution < 1.29 is 14.0 Å². The summed E-state index contributed by atoms with van der Waals surface area (Å²) >= 11 is 7.48. The zero-order chi connectivity index (χ0) is 19.2. The van der Waals surface area contributed by atoms with E-state index in [-0.39, 0.29) is 24.1 Å². The first-order chi connectivity index (χ1) is 13.0. The summed E-state index contributed by atoms with van der Waals surface area (Å²) in [7, 11) is 0. The number of hydrogen-bond acceptors (Lipinski definition) is 3. The van der Waals surface area contributed by atoms with Crippen LogP contribution in [0.1, 0.15) is 27.5 Å². The van der Waals surface area contributed by atoms with Crippen molar-refractivity contribution in [2.75, 3.05) is 6.54 Å². The van der Waals surface area contributed by atoms with Crippen LogP contribution in [-0.4, -0.2) is 18.4 Å². The Morgan fingerprint density at radius 1 is 1.00 bits per heavy atom. The molecule has 2 N–H and O–H groups in total. The molecule has 2 amide bonds. The summed E-state index contributed by atoms with van der Waals surface area (Å²) in [5.74, 6) is -1.20. The topological polar surface area (TPSA) is 58.2 Å². The average molecular weight is 403 g/mol. The summed E-state index contributed by atoms with van der Waals surface area (Å²) in [6.07, 6.45) is 0. The fourth-order valence-corrected chi connectivity index (χ4v) is 3.34. The second-order valence-corrected chi connectivity index (χ2v) is 7.01. The summed E-state index contributed by atoms with van der Waals surface area (Å²) in [5, 5.41) is 9.96. The van der Waals surface area contributed by atoms with Gasteiger partial charge in [-0.1, -0.05) is 23.7 Å². The van der Waals surface area contributed by atoms with E-state index in [4.69, 9.17) is 11.6 Å². The first kappa shape index (κ1) is 19.1. The lowest BCUT2D eigenvalue weighted by atomic mass is 10.0. The van der Waals surface area contributed by atoms with Gasteiger partial charge in [0.05, 0.1) is 12.6 Å². The highest BCUT2D eigenvalue weighted by atomic mass is 35.5. The molecule has 0 bridgehead atoms. The number of thiophene rings is 1. The molecule has 0 radical (unpaired) electrons. The molecule has 1 atom stereocenters. The van der Waals surface area contributed by atoms with Crippen LogP contribution in [0.25, 0.3) is 0 Å². The van der Waals surface area contributed by atoms with Crippen molar-refractivity contribution in [3.63, 3.8) is 0 Å². The lowest BCUT2D eigenvalue weighted by Gasteiger charge is -2.19.